The van der Waals surface area contributed by atoms with Crippen LogP contribution in [0.15, 0.2) is 71.9 Å². The number of aromatic nitrogens is 1. The molecular weight excluding hydrogens is 460 g/mol. The Labute approximate surface area is 200 Å². The van der Waals surface area contributed by atoms with E-state index in [1.54, 1.807) is 17.5 Å². The predicted octanol–water partition coefficient (Wildman–Crippen LogP) is 5.91. The maximum Gasteiger partial charge on any atom is 0.207 e. The number of rotatable bonds is 6. The molecule has 0 saturated carbocycles. The number of hydrogen-bond donors (Lipinski definition) is 3. The lowest BCUT2D eigenvalue weighted by Crippen LogP contribution is -2.14. The van der Waals surface area contributed by atoms with Gasteiger partial charge in [0.05, 0.1) is 5.69 Å². The van der Waals surface area contributed by atoms with Gasteiger partial charge < -0.3 is 11.1 Å². The molecule has 0 bridgehead atoms. The lowest BCUT2D eigenvalue weighted by Gasteiger charge is -2.08. The molecule has 0 unspecified atom stereocenters. The van der Waals surface area contributed by atoms with Crippen LogP contribution in [0.2, 0.25) is 0 Å². The van der Waals surface area contributed by atoms with Crippen molar-refractivity contribution in [1.29, 1.82) is 0 Å². The van der Waals surface area contributed by atoms with Crippen LogP contribution in [-0.4, -0.2) is 17.9 Å². The lowest BCUT2D eigenvalue weighted by molar-refractivity contribution is -0.109. The molecule has 1 amide bonds. The molecule has 2 aromatic carbocycles. The lowest BCUT2D eigenvalue weighted by atomic mass is 10.0. The van der Waals surface area contributed by atoms with Crippen molar-refractivity contribution in [3.63, 3.8) is 0 Å². The van der Waals surface area contributed by atoms with Crippen molar-refractivity contribution in [3.8, 4) is 20.9 Å². The van der Waals surface area contributed by atoms with Gasteiger partial charge in [0, 0.05) is 45.2 Å². The second-order valence-corrected chi connectivity index (χ2v) is 8.80. The first kappa shape index (κ1) is 24.4. The zero-order valence-electron chi connectivity index (χ0n) is 17.9. The highest BCUT2D eigenvalue weighted by molar-refractivity contribution is 7.80. The summed E-state index contributed by atoms with van der Waals surface area (Å²) in [6, 6.07) is 15.9. The zero-order valence-corrected chi connectivity index (χ0v) is 19.6. The number of pyridine rings is 1. The number of amides is 1. The quantitative estimate of drug-likeness (QED) is 0.181. The Hall–Kier alpha value is -3.23. The number of nitrogens with one attached hydrogen (secondary N) is 1. The third-order valence-corrected chi connectivity index (χ3v) is 6.36. The molecule has 0 aliphatic carbocycles. The Morgan fingerprint density at radius 3 is 2.45 bits per heavy atom. The number of nitrogens with zero attached hydrogens (tertiary/aromatic N) is 1. The van der Waals surface area contributed by atoms with Gasteiger partial charge in [0.15, 0.2) is 0 Å². The molecule has 4 nitrogen and oxygen atoms in total. The molecule has 0 saturated heterocycles. The number of halogens is 2. The molecule has 4 rings (SSSR count). The number of hydrogen-bond acceptors (Lipinski definition) is 5. The van der Waals surface area contributed by atoms with Gasteiger partial charge in [0.1, 0.15) is 11.6 Å². The third-order valence-electron chi connectivity index (χ3n) is 4.82. The van der Waals surface area contributed by atoms with Gasteiger partial charge in [-0.25, -0.2) is 8.78 Å². The number of carbonyl (C=O) groups excluding carboxylic acids is 1. The van der Waals surface area contributed by atoms with Crippen molar-refractivity contribution < 1.29 is 13.6 Å². The van der Waals surface area contributed by atoms with Crippen LogP contribution in [0.5, 0.6) is 0 Å². The molecule has 0 radical (unpaired) electrons. The molecule has 0 fully saturated rings. The Morgan fingerprint density at radius 1 is 1.03 bits per heavy atom. The van der Waals surface area contributed by atoms with Crippen LogP contribution in [0.3, 0.4) is 0 Å². The summed E-state index contributed by atoms with van der Waals surface area (Å²) in [6.07, 6.45) is 5.05. The van der Waals surface area contributed by atoms with Crippen LogP contribution in [-0.2, 0) is 11.2 Å². The van der Waals surface area contributed by atoms with Gasteiger partial charge in [0.25, 0.3) is 0 Å². The van der Waals surface area contributed by atoms with Crippen molar-refractivity contribution in [3.05, 3.63) is 89.8 Å². The Morgan fingerprint density at radius 2 is 1.79 bits per heavy atom. The first-order chi connectivity index (χ1) is 15.9. The van der Waals surface area contributed by atoms with Crippen molar-refractivity contribution in [1.82, 2.24) is 10.3 Å². The number of thiophene rings is 1. The summed E-state index contributed by atoms with van der Waals surface area (Å²) in [5.41, 5.74) is 11.2. The topological polar surface area (TPSA) is 68.0 Å². The number of thiol groups is 1. The van der Waals surface area contributed by atoms with E-state index < -0.39 is 11.6 Å². The van der Waals surface area contributed by atoms with E-state index in [-0.39, 0.29) is 4.90 Å². The van der Waals surface area contributed by atoms with E-state index in [0.29, 0.717) is 12.2 Å². The molecule has 0 spiro atoms. The fourth-order valence-electron chi connectivity index (χ4n) is 3.08. The first-order valence-electron chi connectivity index (χ1n) is 10.1. The number of aryl methyl sites for hydroxylation is 1. The Bertz CT molecular complexity index is 1240. The second-order valence-electron chi connectivity index (χ2n) is 7.23. The molecule has 0 aliphatic rings. The van der Waals surface area contributed by atoms with Crippen molar-refractivity contribution in [2.75, 3.05) is 12.3 Å². The average Bonchev–Trinajstić information content (AvgIpc) is 3.29. The maximum atomic E-state index is 12.3. The summed E-state index contributed by atoms with van der Waals surface area (Å²) in [6.45, 7) is 2.75. The molecule has 33 heavy (non-hydrogen) atoms. The fourth-order valence-corrected chi connectivity index (χ4v) is 4.20. The fraction of sp³-hybridized carbons (Fsp3) is 0.120. The van der Waals surface area contributed by atoms with Crippen molar-refractivity contribution >= 4 is 36.1 Å². The van der Waals surface area contributed by atoms with E-state index in [4.69, 9.17) is 5.73 Å². The number of nitrogen functional groups attached to an aromatic ring is 1. The molecule has 0 atom stereocenters. The summed E-state index contributed by atoms with van der Waals surface area (Å²) >= 11 is 5.43. The van der Waals surface area contributed by atoms with Gasteiger partial charge in [-0.3, -0.25) is 9.78 Å². The molecule has 170 valence electrons. The van der Waals surface area contributed by atoms with E-state index >= 15 is 0 Å². The Kier molecular flexibility index (Phi) is 8.57. The zero-order chi connectivity index (χ0) is 23.8. The number of benzene rings is 2. The molecule has 2 aromatic heterocycles. The van der Waals surface area contributed by atoms with Crippen molar-refractivity contribution in [2.45, 2.75) is 18.2 Å². The highest BCUT2D eigenvalue weighted by Gasteiger charge is 2.08. The van der Waals surface area contributed by atoms with Gasteiger partial charge in [-0.05, 0) is 60.4 Å². The number of nitrogens with two attached hydrogens (primary N) is 1. The summed E-state index contributed by atoms with van der Waals surface area (Å²) in [4.78, 5) is 17.1. The van der Waals surface area contributed by atoms with Gasteiger partial charge in [0.2, 0.25) is 6.41 Å². The summed E-state index contributed by atoms with van der Waals surface area (Å²) in [7, 11) is 0. The Balaban J connectivity index is 0.000000286. The summed E-state index contributed by atoms with van der Waals surface area (Å²) < 4.78 is 24.3. The minimum atomic E-state index is -0.627. The van der Waals surface area contributed by atoms with Gasteiger partial charge in [-0.2, -0.15) is 0 Å². The van der Waals surface area contributed by atoms with Crippen LogP contribution >= 0.6 is 24.0 Å². The summed E-state index contributed by atoms with van der Waals surface area (Å²) in [5.74, 6) is -1.20. The van der Waals surface area contributed by atoms with Crippen LogP contribution in [0, 0.1) is 18.6 Å². The van der Waals surface area contributed by atoms with Crippen LogP contribution in [0.4, 0.5) is 14.5 Å². The molecule has 3 N–H and O–H groups in total. The SMILES string of the molecule is Cc1ccc(-c2ccc(-c3cncc(N)c3)s2)cc1CCNC=O.Fc1ccc(S)c(F)c1. The van der Waals surface area contributed by atoms with Crippen LogP contribution in [0.25, 0.3) is 20.9 Å². The maximum absolute atomic E-state index is 12.3. The minimum Gasteiger partial charge on any atom is -0.397 e. The van der Waals surface area contributed by atoms with E-state index in [9.17, 15) is 13.6 Å². The van der Waals surface area contributed by atoms with E-state index in [1.165, 1.54) is 27.6 Å². The second kappa shape index (κ2) is 11.6. The minimum absolute atomic E-state index is 0.163. The molecular formula is C25H23F2N3OS2. The number of carbonyl (C=O) groups is 1. The highest BCUT2D eigenvalue weighted by atomic mass is 32.1. The van der Waals surface area contributed by atoms with E-state index in [1.807, 2.05) is 12.3 Å². The third kappa shape index (κ3) is 6.87. The molecule has 4 aromatic rings. The van der Waals surface area contributed by atoms with Gasteiger partial charge in [-0.15, -0.1) is 24.0 Å². The van der Waals surface area contributed by atoms with Crippen LogP contribution < -0.4 is 11.1 Å². The van der Waals surface area contributed by atoms with E-state index in [0.717, 1.165) is 35.4 Å². The van der Waals surface area contributed by atoms with Crippen molar-refractivity contribution in [2.24, 2.45) is 0 Å². The number of anilines is 1. The highest BCUT2D eigenvalue weighted by Crippen LogP contribution is 2.35. The summed E-state index contributed by atoms with van der Waals surface area (Å²) in [5, 5.41) is 2.72. The average molecular weight is 484 g/mol. The molecule has 2 heterocycles. The van der Waals surface area contributed by atoms with Gasteiger partial charge in [-0.1, -0.05) is 18.2 Å². The largest absolute Gasteiger partial charge is 0.397 e. The van der Waals surface area contributed by atoms with Gasteiger partial charge >= 0.3 is 0 Å². The monoisotopic (exact) mass is 483 g/mol. The molecule has 8 heteroatoms. The van der Waals surface area contributed by atoms with Crippen LogP contribution in [0.1, 0.15) is 11.1 Å². The van der Waals surface area contributed by atoms with E-state index in [2.05, 4.69) is 60.2 Å². The smallest absolute Gasteiger partial charge is 0.207 e. The molecule has 0 aliphatic heterocycles. The standard InChI is InChI=1S/C19H19N3OS.C6H4F2S/c1-13-2-3-15(8-14(13)6-7-21-12-23)18-4-5-19(24-18)16-9-17(20)11-22-10-16;7-4-1-2-6(9)5(8)3-4/h2-5,8-12H,6-7,20H2,1H3,(H,21,23);1-3,9H. The predicted molar refractivity (Wildman–Crippen MR) is 134 cm³/mol. The normalized spacial score (nSPS) is 10.3. The first-order valence-corrected chi connectivity index (χ1v) is 11.4.